The first kappa shape index (κ1) is 30.2. The zero-order chi connectivity index (χ0) is 29.2. The van der Waals surface area contributed by atoms with Crippen molar-refractivity contribution < 1.29 is 9.18 Å². The zero-order valence-corrected chi connectivity index (χ0v) is 24.5. The van der Waals surface area contributed by atoms with Gasteiger partial charge in [-0.3, -0.25) is 9.79 Å². The summed E-state index contributed by atoms with van der Waals surface area (Å²) in [5, 5.41) is 7.31. The lowest BCUT2D eigenvalue weighted by molar-refractivity contribution is -0.108. The van der Waals surface area contributed by atoms with Crippen LogP contribution in [0.5, 0.6) is 0 Å². The molecule has 1 amide bonds. The minimum absolute atomic E-state index is 0.294. The molecule has 4 rings (SSSR count). The molecule has 0 unspecified atom stereocenters. The molecule has 0 spiro atoms. The number of nitrogens with one attached hydrogen (secondary N) is 1. The lowest BCUT2D eigenvalue weighted by Crippen LogP contribution is -2.40. The summed E-state index contributed by atoms with van der Waals surface area (Å²) >= 11 is 0. The number of hydrogen-bond acceptors (Lipinski definition) is 5. The predicted molar refractivity (Wildman–Crippen MR) is 166 cm³/mol. The van der Waals surface area contributed by atoms with Gasteiger partial charge in [0.15, 0.2) is 0 Å². The molecule has 0 radical (unpaired) electrons. The Kier molecular flexibility index (Phi) is 10.8. The molecular formula is C33H43FN6O. The lowest BCUT2D eigenvalue weighted by atomic mass is 9.90. The number of allylic oxidation sites excluding steroid dienone is 9. The third-order valence-electron chi connectivity index (χ3n) is 7.93. The number of carbonyl (C=O) groups excluding carboxylic acids is 1. The first-order valence-electron chi connectivity index (χ1n) is 15.0. The van der Waals surface area contributed by atoms with E-state index in [2.05, 4.69) is 57.5 Å². The van der Waals surface area contributed by atoms with Crippen LogP contribution in [0.2, 0.25) is 0 Å². The van der Waals surface area contributed by atoms with Crippen LogP contribution in [0.1, 0.15) is 84.5 Å². The number of amides is 1. The molecule has 41 heavy (non-hydrogen) atoms. The maximum Gasteiger partial charge on any atom is 0.233 e. The number of carbonyl (C=O) groups is 1. The fourth-order valence-corrected chi connectivity index (χ4v) is 6.05. The van der Waals surface area contributed by atoms with Crippen molar-refractivity contribution >= 4 is 23.9 Å². The van der Waals surface area contributed by atoms with Crippen molar-refractivity contribution in [3.8, 4) is 0 Å². The number of anilines is 1. The van der Waals surface area contributed by atoms with E-state index in [9.17, 15) is 4.79 Å². The molecule has 1 aliphatic heterocycles. The third-order valence-corrected chi connectivity index (χ3v) is 7.93. The van der Waals surface area contributed by atoms with Crippen molar-refractivity contribution in [3.05, 3.63) is 83.7 Å². The Labute approximate surface area is 243 Å². The van der Waals surface area contributed by atoms with E-state index in [-0.39, 0.29) is 5.83 Å². The summed E-state index contributed by atoms with van der Waals surface area (Å²) in [6.07, 6.45) is 21.4. The van der Waals surface area contributed by atoms with Crippen LogP contribution < -0.4 is 10.2 Å². The van der Waals surface area contributed by atoms with Gasteiger partial charge in [-0.05, 0) is 62.7 Å². The maximum absolute atomic E-state index is 16.0. The molecule has 1 fully saturated rings. The standard InChI is InChI=1S/C33H43FN6O/c1-5-13-26(30(34)20-19-25-15-11-12-18-28(25)32(35-7-3)37-23-41)21-29-24(4)39(27-16-9-8-10-17-27)33-36-22-38-40(33)31(29)14-6-2/h5,13,15,18,20,22-23,27H,1,4,6-12,14,16-17,19,21H2,2-3H3,(H,35,37,41)/b26-13-,30-20+. The Balaban J connectivity index is 1.64. The summed E-state index contributed by atoms with van der Waals surface area (Å²) in [4.78, 5) is 22.5. The van der Waals surface area contributed by atoms with Crippen molar-refractivity contribution in [1.82, 2.24) is 20.1 Å². The summed E-state index contributed by atoms with van der Waals surface area (Å²) in [6, 6.07) is 0.312. The van der Waals surface area contributed by atoms with E-state index in [1.807, 2.05) is 11.6 Å². The third kappa shape index (κ3) is 6.92. The smallest absolute Gasteiger partial charge is 0.233 e. The van der Waals surface area contributed by atoms with Crippen molar-refractivity contribution in [2.75, 3.05) is 11.4 Å². The summed E-state index contributed by atoms with van der Waals surface area (Å²) in [5.74, 6) is 1.05. The number of aromatic nitrogens is 3. The highest BCUT2D eigenvalue weighted by atomic mass is 19.1. The number of aliphatic imine (C=N–C) groups is 1. The maximum atomic E-state index is 16.0. The molecule has 7 nitrogen and oxygen atoms in total. The molecule has 0 saturated heterocycles. The van der Waals surface area contributed by atoms with Crippen LogP contribution in [-0.2, 0) is 4.79 Å². The van der Waals surface area contributed by atoms with Crippen molar-refractivity contribution in [2.24, 2.45) is 4.99 Å². The molecule has 1 saturated carbocycles. The molecule has 8 heteroatoms. The van der Waals surface area contributed by atoms with Crippen molar-refractivity contribution in [3.63, 3.8) is 0 Å². The molecule has 218 valence electrons. The van der Waals surface area contributed by atoms with Gasteiger partial charge in [0.05, 0.1) is 5.70 Å². The quantitative estimate of drug-likeness (QED) is 0.125. The average Bonchev–Trinajstić information content (AvgIpc) is 3.47. The molecule has 0 atom stereocenters. The molecule has 2 aliphatic carbocycles. The predicted octanol–water partition coefficient (Wildman–Crippen LogP) is 7.51. The van der Waals surface area contributed by atoms with Gasteiger partial charge in [0.25, 0.3) is 0 Å². The lowest BCUT2D eigenvalue weighted by Gasteiger charge is -2.40. The van der Waals surface area contributed by atoms with Crippen LogP contribution in [-0.4, -0.2) is 39.6 Å². The van der Waals surface area contributed by atoms with Crippen molar-refractivity contribution in [1.29, 1.82) is 0 Å². The fourth-order valence-electron chi connectivity index (χ4n) is 6.05. The van der Waals surface area contributed by atoms with Gasteiger partial charge in [-0.1, -0.05) is 70.1 Å². The van der Waals surface area contributed by atoms with Gasteiger partial charge in [-0.2, -0.15) is 10.1 Å². The molecule has 1 aromatic rings. The molecule has 3 aliphatic rings. The van der Waals surface area contributed by atoms with E-state index in [0.717, 1.165) is 72.6 Å². The Morgan fingerprint density at radius 1 is 1.22 bits per heavy atom. The molecule has 2 heterocycles. The topological polar surface area (TPSA) is 75.4 Å². The molecule has 1 aromatic heterocycles. The Morgan fingerprint density at radius 2 is 2.00 bits per heavy atom. The number of fused-ring (bicyclic) bond motifs is 1. The Bertz CT molecular complexity index is 1320. The number of hydrogen-bond donors (Lipinski definition) is 1. The van der Waals surface area contributed by atoms with Crippen LogP contribution >= 0.6 is 0 Å². The van der Waals surface area contributed by atoms with Gasteiger partial charge in [0.1, 0.15) is 18.0 Å². The van der Waals surface area contributed by atoms with Gasteiger partial charge < -0.3 is 10.2 Å². The number of amidine groups is 1. The van der Waals surface area contributed by atoms with Gasteiger partial charge in [0.2, 0.25) is 12.4 Å². The largest absolute Gasteiger partial charge is 0.313 e. The second-order valence-electron chi connectivity index (χ2n) is 10.6. The van der Waals surface area contributed by atoms with Crippen LogP contribution in [0, 0.1) is 0 Å². The van der Waals surface area contributed by atoms with Gasteiger partial charge in [0, 0.05) is 35.9 Å². The van der Waals surface area contributed by atoms with E-state index >= 15 is 4.39 Å². The minimum Gasteiger partial charge on any atom is -0.313 e. The van der Waals surface area contributed by atoms with Gasteiger partial charge >= 0.3 is 0 Å². The molecular weight excluding hydrogens is 515 g/mol. The minimum atomic E-state index is -0.294. The highest BCUT2D eigenvalue weighted by Gasteiger charge is 2.34. The van der Waals surface area contributed by atoms with E-state index < -0.39 is 0 Å². The number of nitrogens with zero attached hydrogens (tertiary/aromatic N) is 5. The fraction of sp³-hybridized carbons (Fsp3) is 0.455. The van der Waals surface area contributed by atoms with Crippen LogP contribution in [0.25, 0.3) is 5.70 Å². The van der Waals surface area contributed by atoms with Gasteiger partial charge in [-0.25, -0.2) is 9.07 Å². The Hall–Kier alpha value is -3.81. The van der Waals surface area contributed by atoms with E-state index in [4.69, 9.17) is 0 Å². The summed E-state index contributed by atoms with van der Waals surface area (Å²) in [7, 11) is 0. The van der Waals surface area contributed by atoms with Crippen LogP contribution in [0.3, 0.4) is 0 Å². The summed E-state index contributed by atoms with van der Waals surface area (Å²) in [5.41, 5.74) is 5.28. The number of rotatable bonds is 12. The number of halogens is 1. The van der Waals surface area contributed by atoms with Gasteiger partial charge in [-0.15, -0.1) is 0 Å². The monoisotopic (exact) mass is 558 g/mol. The zero-order valence-electron chi connectivity index (χ0n) is 24.5. The molecule has 0 aromatic carbocycles. The van der Waals surface area contributed by atoms with E-state index in [1.165, 1.54) is 19.3 Å². The normalized spacial score (nSPS) is 19.1. The summed E-state index contributed by atoms with van der Waals surface area (Å²) in [6.45, 7) is 13.0. The first-order chi connectivity index (χ1) is 20.0. The Morgan fingerprint density at radius 3 is 2.71 bits per heavy atom. The van der Waals surface area contributed by atoms with E-state index in [1.54, 1.807) is 24.6 Å². The van der Waals surface area contributed by atoms with Crippen molar-refractivity contribution in [2.45, 2.75) is 90.5 Å². The SMILES string of the molecule is C=C/C=C(CC1=C(CCC)n2ncnc2N(C2CCCCC2)C1=C)\C(F)=C/CC1=CCCC=C1C(=NCC)NC=O. The molecule has 0 bridgehead atoms. The molecule has 1 N–H and O–H groups in total. The summed E-state index contributed by atoms with van der Waals surface area (Å²) < 4.78 is 18.0. The van der Waals surface area contributed by atoms with Crippen LogP contribution in [0.4, 0.5) is 10.3 Å². The highest BCUT2D eigenvalue weighted by Crippen LogP contribution is 2.42. The second-order valence-corrected chi connectivity index (χ2v) is 10.6. The average molecular weight is 559 g/mol. The van der Waals surface area contributed by atoms with Crippen LogP contribution in [0.15, 0.2) is 88.7 Å². The first-order valence-corrected chi connectivity index (χ1v) is 15.0. The highest BCUT2D eigenvalue weighted by molar-refractivity contribution is 6.06. The van der Waals surface area contributed by atoms with E-state index in [0.29, 0.717) is 43.2 Å². The second kappa shape index (κ2) is 14.7.